The van der Waals surface area contributed by atoms with E-state index in [2.05, 4.69) is 49.5 Å². The van der Waals surface area contributed by atoms with Gasteiger partial charge in [0.2, 0.25) is 0 Å². The van der Waals surface area contributed by atoms with Crippen molar-refractivity contribution in [1.29, 1.82) is 0 Å². The summed E-state index contributed by atoms with van der Waals surface area (Å²) in [5.41, 5.74) is 5.67. The van der Waals surface area contributed by atoms with Crippen LogP contribution in [0.2, 0.25) is 0 Å². The van der Waals surface area contributed by atoms with E-state index in [-0.39, 0.29) is 11.9 Å². The second-order valence-electron chi connectivity index (χ2n) is 8.76. The molecular formula is C26H22FN7S. The average molecular weight is 484 g/mol. The van der Waals surface area contributed by atoms with Gasteiger partial charge in [-0.1, -0.05) is 0 Å². The number of nitrogens with one attached hydrogen (secondary N) is 3. The topological polar surface area (TPSA) is 95.2 Å². The summed E-state index contributed by atoms with van der Waals surface area (Å²) in [5.74, 6) is 0.225. The first-order valence-corrected chi connectivity index (χ1v) is 12.1. The average Bonchev–Trinajstić information content (AvgIpc) is 3.55. The monoisotopic (exact) mass is 483 g/mol. The van der Waals surface area contributed by atoms with Crippen molar-refractivity contribution in [1.82, 2.24) is 30.1 Å². The molecule has 0 saturated carbocycles. The van der Waals surface area contributed by atoms with Gasteiger partial charge in [-0.2, -0.15) is 5.10 Å². The number of aromatic nitrogens is 6. The Hall–Kier alpha value is -4.11. The molecule has 0 radical (unpaired) electrons. The first-order valence-electron chi connectivity index (χ1n) is 11.3. The van der Waals surface area contributed by atoms with Gasteiger partial charge < -0.3 is 10.3 Å². The molecule has 0 amide bonds. The largest absolute Gasteiger partial charge is 0.382 e. The lowest BCUT2D eigenvalue weighted by molar-refractivity contribution is 0.632. The van der Waals surface area contributed by atoms with Crippen molar-refractivity contribution in [2.75, 3.05) is 5.32 Å². The van der Waals surface area contributed by atoms with Crippen LogP contribution in [0.3, 0.4) is 0 Å². The maximum atomic E-state index is 15.1. The molecule has 0 aliphatic rings. The SMILES string of the molecule is Cc1ccc(-c2ccnc3nc(-c4n[nH]c5cc(F)c(-c6cncc(NC(C)C)c6)cc45)[nH]c23)s1. The summed E-state index contributed by atoms with van der Waals surface area (Å²) in [4.78, 5) is 19.2. The number of pyridine rings is 2. The Labute approximate surface area is 204 Å². The van der Waals surface area contributed by atoms with Gasteiger partial charge in [-0.3, -0.25) is 10.1 Å². The zero-order valence-corrected chi connectivity index (χ0v) is 20.2. The summed E-state index contributed by atoms with van der Waals surface area (Å²) in [6.45, 7) is 6.18. The first-order chi connectivity index (χ1) is 17.0. The summed E-state index contributed by atoms with van der Waals surface area (Å²) in [6, 6.07) is 11.6. The number of benzene rings is 1. The summed E-state index contributed by atoms with van der Waals surface area (Å²) in [7, 11) is 0. The number of fused-ring (bicyclic) bond motifs is 2. The van der Waals surface area contributed by atoms with Crippen LogP contribution in [0.15, 0.2) is 55.0 Å². The molecule has 0 aliphatic carbocycles. The first kappa shape index (κ1) is 21.4. The predicted octanol–water partition coefficient (Wildman–Crippen LogP) is 6.56. The van der Waals surface area contributed by atoms with Crippen LogP contribution >= 0.6 is 11.3 Å². The third kappa shape index (κ3) is 3.83. The van der Waals surface area contributed by atoms with Crippen LogP contribution in [0.1, 0.15) is 18.7 Å². The van der Waals surface area contributed by atoms with E-state index in [4.69, 9.17) is 4.98 Å². The van der Waals surface area contributed by atoms with Gasteiger partial charge in [0.25, 0.3) is 0 Å². The van der Waals surface area contributed by atoms with Crippen LogP contribution in [-0.4, -0.2) is 36.2 Å². The van der Waals surface area contributed by atoms with Crippen molar-refractivity contribution >= 4 is 39.1 Å². The summed E-state index contributed by atoms with van der Waals surface area (Å²) < 4.78 is 15.1. The van der Waals surface area contributed by atoms with Gasteiger partial charge in [0, 0.05) is 62.5 Å². The number of H-pyrrole nitrogens is 2. The highest BCUT2D eigenvalue weighted by Gasteiger charge is 2.18. The van der Waals surface area contributed by atoms with Crippen molar-refractivity contribution in [2.45, 2.75) is 26.8 Å². The summed E-state index contributed by atoms with van der Waals surface area (Å²) >= 11 is 1.72. The normalized spacial score (nSPS) is 11.7. The Morgan fingerprint density at radius 3 is 2.74 bits per heavy atom. The van der Waals surface area contributed by atoms with Crippen LogP contribution in [0.5, 0.6) is 0 Å². The van der Waals surface area contributed by atoms with E-state index in [9.17, 15) is 0 Å². The number of anilines is 1. The minimum Gasteiger partial charge on any atom is -0.382 e. The van der Waals surface area contributed by atoms with Crippen molar-refractivity contribution in [3.63, 3.8) is 0 Å². The van der Waals surface area contributed by atoms with Crippen LogP contribution in [0.4, 0.5) is 10.1 Å². The van der Waals surface area contributed by atoms with Gasteiger partial charge in [0.05, 0.1) is 16.7 Å². The van der Waals surface area contributed by atoms with E-state index in [0.29, 0.717) is 33.8 Å². The second-order valence-corrected chi connectivity index (χ2v) is 10.1. The number of halogens is 1. The van der Waals surface area contributed by atoms with Crippen molar-refractivity contribution in [3.8, 4) is 33.1 Å². The molecule has 3 N–H and O–H groups in total. The molecule has 9 heteroatoms. The Morgan fingerprint density at radius 1 is 1.06 bits per heavy atom. The number of rotatable bonds is 5. The molecule has 0 atom stereocenters. The minimum absolute atomic E-state index is 0.240. The lowest BCUT2D eigenvalue weighted by Gasteiger charge is -2.11. The Kier molecular flexibility index (Phi) is 5.07. The highest BCUT2D eigenvalue weighted by Crippen LogP contribution is 2.35. The molecule has 174 valence electrons. The van der Waals surface area contributed by atoms with Crippen LogP contribution in [0, 0.1) is 12.7 Å². The van der Waals surface area contributed by atoms with E-state index in [1.54, 1.807) is 36.0 Å². The van der Waals surface area contributed by atoms with E-state index in [0.717, 1.165) is 27.0 Å². The van der Waals surface area contributed by atoms with Gasteiger partial charge in [-0.05, 0) is 51.1 Å². The number of imidazole rings is 1. The van der Waals surface area contributed by atoms with E-state index >= 15 is 4.39 Å². The van der Waals surface area contributed by atoms with Gasteiger partial charge in [-0.25, -0.2) is 14.4 Å². The van der Waals surface area contributed by atoms with Crippen molar-refractivity contribution in [2.24, 2.45) is 0 Å². The van der Waals surface area contributed by atoms with Crippen LogP contribution in [0.25, 0.3) is 55.2 Å². The van der Waals surface area contributed by atoms with Crippen LogP contribution in [-0.2, 0) is 0 Å². The molecule has 0 fully saturated rings. The van der Waals surface area contributed by atoms with E-state index in [1.807, 2.05) is 26.0 Å². The van der Waals surface area contributed by atoms with Crippen molar-refractivity contribution in [3.05, 3.63) is 65.7 Å². The van der Waals surface area contributed by atoms with E-state index < -0.39 is 0 Å². The maximum absolute atomic E-state index is 15.1. The van der Waals surface area contributed by atoms with Gasteiger partial charge >= 0.3 is 0 Å². The molecule has 6 rings (SSSR count). The zero-order valence-electron chi connectivity index (χ0n) is 19.3. The number of aryl methyl sites for hydroxylation is 1. The Bertz CT molecular complexity index is 1700. The number of aromatic amines is 2. The third-order valence-electron chi connectivity index (χ3n) is 5.78. The summed E-state index contributed by atoms with van der Waals surface area (Å²) in [5, 5.41) is 11.5. The number of hydrogen-bond acceptors (Lipinski definition) is 6. The lowest BCUT2D eigenvalue weighted by atomic mass is 10.0. The molecule has 1 aromatic carbocycles. The van der Waals surface area contributed by atoms with Gasteiger partial charge in [-0.15, -0.1) is 11.3 Å². The third-order valence-corrected chi connectivity index (χ3v) is 6.81. The number of thiophene rings is 1. The standard InChI is InChI=1S/C26H22FN7S/c1-13(2)30-16-8-15(11-28-12-16)18-9-19-21(10-20(18)27)33-34-24(19)26-31-23-17(6-7-29-25(23)32-26)22-5-4-14(3)35-22/h4-13,30H,1-3H3,(H,33,34)(H,29,31,32). The molecule has 0 spiro atoms. The zero-order chi connectivity index (χ0) is 24.1. The Balaban J connectivity index is 1.48. The molecule has 5 heterocycles. The smallest absolute Gasteiger partial charge is 0.178 e. The van der Waals surface area contributed by atoms with Crippen molar-refractivity contribution < 1.29 is 4.39 Å². The molecule has 0 aliphatic heterocycles. The Morgan fingerprint density at radius 2 is 1.94 bits per heavy atom. The molecule has 7 nitrogen and oxygen atoms in total. The van der Waals surface area contributed by atoms with Gasteiger partial charge in [0.15, 0.2) is 11.5 Å². The van der Waals surface area contributed by atoms with E-state index in [1.165, 1.54) is 10.9 Å². The molecule has 5 aromatic heterocycles. The lowest BCUT2D eigenvalue weighted by Crippen LogP contribution is -2.09. The highest BCUT2D eigenvalue weighted by molar-refractivity contribution is 7.15. The fourth-order valence-corrected chi connectivity index (χ4v) is 5.15. The summed E-state index contributed by atoms with van der Waals surface area (Å²) in [6.07, 6.45) is 5.16. The predicted molar refractivity (Wildman–Crippen MR) is 139 cm³/mol. The molecular weight excluding hydrogens is 461 g/mol. The minimum atomic E-state index is -0.349. The second kappa shape index (κ2) is 8.28. The van der Waals surface area contributed by atoms with Crippen LogP contribution < -0.4 is 5.32 Å². The quantitative estimate of drug-likeness (QED) is 0.258. The molecule has 35 heavy (non-hydrogen) atoms. The number of hydrogen-bond donors (Lipinski definition) is 3. The molecule has 0 saturated heterocycles. The fraction of sp³-hybridized carbons (Fsp3) is 0.154. The maximum Gasteiger partial charge on any atom is 0.178 e. The number of nitrogens with zero attached hydrogens (tertiary/aromatic N) is 4. The molecule has 0 bridgehead atoms. The fourth-order valence-electron chi connectivity index (χ4n) is 4.25. The highest BCUT2D eigenvalue weighted by atomic mass is 32.1. The molecule has 0 unspecified atom stereocenters. The molecule has 6 aromatic rings. The van der Waals surface area contributed by atoms with Gasteiger partial charge in [0.1, 0.15) is 11.5 Å².